The van der Waals surface area contributed by atoms with E-state index in [0.717, 1.165) is 6.42 Å². The third-order valence-corrected chi connectivity index (χ3v) is 7.29. The summed E-state index contributed by atoms with van der Waals surface area (Å²) in [7, 11) is -0.231. The maximum atomic E-state index is 8.74. The van der Waals surface area contributed by atoms with Crippen LogP contribution in [0.4, 0.5) is 0 Å². The van der Waals surface area contributed by atoms with Gasteiger partial charge < -0.3 is 9.31 Å². The predicted octanol–water partition coefficient (Wildman–Crippen LogP) is 6.44. The molecule has 2 aliphatic carbocycles. The summed E-state index contributed by atoms with van der Waals surface area (Å²) in [5.41, 5.74) is 9.96. The van der Waals surface area contributed by atoms with Crippen LogP contribution < -0.4 is 0 Å². The van der Waals surface area contributed by atoms with E-state index in [1.54, 1.807) is 0 Å². The molecule has 4 rings (SSSR count). The van der Waals surface area contributed by atoms with Gasteiger partial charge in [-0.3, -0.25) is 0 Å². The quantitative estimate of drug-likeness (QED) is 0.231. The summed E-state index contributed by atoms with van der Waals surface area (Å²) >= 11 is 0. The zero-order chi connectivity index (χ0) is 19.9. The first kappa shape index (κ1) is 20.8. The van der Waals surface area contributed by atoms with Crippen molar-refractivity contribution in [1.82, 2.24) is 0 Å². The second-order valence-electron chi connectivity index (χ2n) is 9.13. The molecular formula is C23H34BN3O2. The van der Waals surface area contributed by atoms with Gasteiger partial charge in [-0.05, 0) is 55.0 Å². The van der Waals surface area contributed by atoms with Crippen LogP contribution in [0.1, 0.15) is 82.0 Å². The van der Waals surface area contributed by atoms with Crippen LogP contribution in [0.2, 0.25) is 0 Å². The van der Waals surface area contributed by atoms with E-state index in [-0.39, 0.29) is 25.1 Å². The molecule has 0 bridgehead atoms. The third-order valence-electron chi connectivity index (χ3n) is 7.29. The Bertz CT molecular complexity index is 644. The van der Waals surface area contributed by atoms with Crippen LogP contribution in [-0.4, -0.2) is 25.9 Å². The minimum atomic E-state index is -0.231. The maximum absolute atomic E-state index is 8.74. The lowest BCUT2D eigenvalue weighted by atomic mass is 9.66. The van der Waals surface area contributed by atoms with E-state index < -0.39 is 0 Å². The summed E-state index contributed by atoms with van der Waals surface area (Å²) in [5.74, 6) is 1.38. The zero-order valence-corrected chi connectivity index (χ0v) is 17.5. The standard InChI is InChI=1S/C23H34BN3O2/c25-27-26-17-16-21(18-10-4-1-5-11-18)24-28-22(19-12-6-2-7-13-19)23(29-24)20-14-8-3-9-15-20/h1,4-5,10-11,19-23H,2-3,6-9,12-17H2/t21-,22-,23-/m1/s1. The van der Waals surface area contributed by atoms with Gasteiger partial charge in [0.25, 0.3) is 0 Å². The first-order valence-electron chi connectivity index (χ1n) is 11.7. The molecule has 1 aliphatic heterocycles. The molecule has 1 aromatic carbocycles. The number of rotatable bonds is 7. The number of azide groups is 1. The highest BCUT2D eigenvalue weighted by atomic mass is 16.7. The van der Waals surface area contributed by atoms with Crippen LogP contribution in [0.5, 0.6) is 0 Å². The molecule has 6 heteroatoms. The fourth-order valence-corrected chi connectivity index (χ4v) is 5.77. The van der Waals surface area contributed by atoms with E-state index in [9.17, 15) is 0 Å². The van der Waals surface area contributed by atoms with Crippen LogP contribution in [0.15, 0.2) is 35.4 Å². The molecule has 1 saturated heterocycles. The highest BCUT2D eigenvalue weighted by Crippen LogP contribution is 2.43. The van der Waals surface area contributed by atoms with Crippen LogP contribution in [0, 0.1) is 11.8 Å². The molecule has 2 saturated carbocycles. The summed E-state index contributed by atoms with van der Waals surface area (Å²) in [6, 6.07) is 10.5. The smallest absolute Gasteiger partial charge is 0.405 e. The Labute approximate surface area is 175 Å². The Morgan fingerprint density at radius 3 is 1.97 bits per heavy atom. The molecule has 0 N–H and O–H groups in total. The summed E-state index contributed by atoms with van der Waals surface area (Å²) < 4.78 is 13.5. The monoisotopic (exact) mass is 395 g/mol. The molecule has 0 aromatic heterocycles. The minimum absolute atomic E-state index is 0.112. The summed E-state index contributed by atoms with van der Waals surface area (Å²) in [4.78, 5) is 2.95. The second-order valence-corrected chi connectivity index (χ2v) is 9.13. The molecule has 0 spiro atoms. The number of benzene rings is 1. The van der Waals surface area contributed by atoms with Crippen LogP contribution >= 0.6 is 0 Å². The number of nitrogens with zero attached hydrogens (tertiary/aromatic N) is 3. The topological polar surface area (TPSA) is 67.2 Å². The highest BCUT2D eigenvalue weighted by molar-refractivity contribution is 6.47. The fraction of sp³-hybridized carbons (Fsp3) is 0.739. The van der Waals surface area contributed by atoms with E-state index in [0.29, 0.717) is 18.4 Å². The average molecular weight is 395 g/mol. The van der Waals surface area contributed by atoms with Crippen molar-refractivity contribution in [1.29, 1.82) is 0 Å². The third kappa shape index (κ3) is 5.17. The van der Waals surface area contributed by atoms with Gasteiger partial charge in [-0.25, -0.2) is 0 Å². The van der Waals surface area contributed by atoms with Crippen molar-refractivity contribution in [3.05, 3.63) is 46.3 Å². The number of hydrogen-bond acceptors (Lipinski definition) is 3. The van der Waals surface area contributed by atoms with Crippen molar-refractivity contribution in [3.63, 3.8) is 0 Å². The van der Waals surface area contributed by atoms with Gasteiger partial charge in [0.2, 0.25) is 0 Å². The van der Waals surface area contributed by atoms with Crippen molar-refractivity contribution >= 4 is 7.12 Å². The van der Waals surface area contributed by atoms with Crippen molar-refractivity contribution in [3.8, 4) is 0 Å². The SMILES string of the molecule is [N-]=[N+]=NCC[C@@H](B1O[C@H](C2CCCCC2)[C@@H](C2CCCCC2)O1)c1ccccc1. The van der Waals surface area contributed by atoms with Crippen molar-refractivity contribution in [2.45, 2.75) is 88.7 Å². The van der Waals surface area contributed by atoms with Gasteiger partial charge in [0, 0.05) is 17.3 Å². The van der Waals surface area contributed by atoms with E-state index >= 15 is 0 Å². The lowest BCUT2D eigenvalue weighted by Gasteiger charge is -2.35. The van der Waals surface area contributed by atoms with E-state index in [1.807, 2.05) is 6.07 Å². The van der Waals surface area contributed by atoms with Crippen molar-refractivity contribution in [2.75, 3.05) is 6.54 Å². The molecule has 1 aromatic rings. The Balaban J connectivity index is 1.55. The van der Waals surface area contributed by atoms with Gasteiger partial charge in [0.1, 0.15) is 0 Å². The molecular weight excluding hydrogens is 361 g/mol. The van der Waals surface area contributed by atoms with Gasteiger partial charge >= 0.3 is 7.12 Å². The van der Waals surface area contributed by atoms with Crippen LogP contribution in [0.3, 0.4) is 0 Å². The van der Waals surface area contributed by atoms with Gasteiger partial charge in [0.05, 0.1) is 12.2 Å². The number of hydrogen-bond donors (Lipinski definition) is 0. The fourth-order valence-electron chi connectivity index (χ4n) is 5.77. The summed E-state index contributed by atoms with van der Waals surface area (Å²) in [6.45, 7) is 0.474. The summed E-state index contributed by atoms with van der Waals surface area (Å²) in [6.07, 6.45) is 14.3. The second kappa shape index (κ2) is 10.5. The highest BCUT2D eigenvalue weighted by Gasteiger charge is 2.49. The molecule has 0 amide bonds. The van der Waals surface area contributed by atoms with Crippen molar-refractivity contribution in [2.24, 2.45) is 17.0 Å². The van der Waals surface area contributed by atoms with Gasteiger partial charge in [-0.1, -0.05) is 74.0 Å². The first-order valence-corrected chi connectivity index (χ1v) is 11.7. The molecule has 0 unspecified atom stereocenters. The molecule has 29 heavy (non-hydrogen) atoms. The first-order chi connectivity index (χ1) is 14.4. The van der Waals surface area contributed by atoms with Gasteiger partial charge in [-0.15, -0.1) is 0 Å². The Morgan fingerprint density at radius 1 is 0.897 bits per heavy atom. The lowest BCUT2D eigenvalue weighted by Crippen LogP contribution is -2.38. The predicted molar refractivity (Wildman–Crippen MR) is 116 cm³/mol. The van der Waals surface area contributed by atoms with Crippen molar-refractivity contribution < 1.29 is 9.31 Å². The molecule has 5 nitrogen and oxygen atoms in total. The molecule has 156 valence electrons. The molecule has 3 aliphatic rings. The van der Waals surface area contributed by atoms with Gasteiger partial charge in [0.15, 0.2) is 0 Å². The molecule has 0 radical (unpaired) electrons. The van der Waals surface area contributed by atoms with E-state index in [4.69, 9.17) is 14.8 Å². The Morgan fingerprint density at radius 2 is 1.45 bits per heavy atom. The minimum Gasteiger partial charge on any atom is -0.405 e. The normalized spacial score (nSPS) is 27.5. The zero-order valence-electron chi connectivity index (χ0n) is 17.5. The molecule has 1 heterocycles. The molecule has 3 fully saturated rings. The molecule has 3 atom stereocenters. The maximum Gasteiger partial charge on any atom is 0.465 e. The summed E-state index contributed by atoms with van der Waals surface area (Å²) in [5, 5.41) is 3.80. The lowest BCUT2D eigenvalue weighted by molar-refractivity contribution is 0.0324. The van der Waals surface area contributed by atoms with Gasteiger partial charge in [-0.2, -0.15) is 0 Å². The largest absolute Gasteiger partial charge is 0.465 e. The van der Waals surface area contributed by atoms with Crippen LogP contribution in [-0.2, 0) is 9.31 Å². The van der Waals surface area contributed by atoms with Crippen LogP contribution in [0.25, 0.3) is 10.4 Å². The van der Waals surface area contributed by atoms with E-state index in [1.165, 1.54) is 69.8 Å². The Kier molecular flexibility index (Phi) is 7.53. The van der Waals surface area contributed by atoms with E-state index in [2.05, 4.69) is 34.3 Å². The Hall–Kier alpha value is -1.49. The average Bonchev–Trinajstić information content (AvgIpc) is 3.24.